The summed E-state index contributed by atoms with van der Waals surface area (Å²) in [6.45, 7) is 6.26. The number of hydrogen-bond donors (Lipinski definition) is 2. The lowest BCUT2D eigenvalue weighted by atomic mass is 10.1. The molecule has 1 aliphatic heterocycles. The zero-order valence-electron chi connectivity index (χ0n) is 14.7. The molecule has 130 valence electrons. The monoisotopic (exact) mass is 336 g/mol. The maximum Gasteiger partial charge on any atom is 0.339 e. The number of amides is 2. The molecule has 0 saturated carbocycles. The van der Waals surface area contributed by atoms with E-state index >= 15 is 0 Å². The first-order chi connectivity index (χ1) is 12.1. The number of hydrogen-bond acceptors (Lipinski definition) is 3. The molecule has 3 rings (SSSR count). The number of rotatable bonds is 4. The number of carbonyl (C=O) groups excluding carboxylic acids is 1. The van der Waals surface area contributed by atoms with Crippen molar-refractivity contribution in [2.75, 3.05) is 23.3 Å². The summed E-state index contributed by atoms with van der Waals surface area (Å²) in [5.41, 5.74) is 7.67. The summed E-state index contributed by atoms with van der Waals surface area (Å²) in [4.78, 5) is 14.3. The minimum atomic E-state index is -0.350. The second-order valence-corrected chi connectivity index (χ2v) is 6.43. The number of anilines is 2. The predicted octanol–water partition coefficient (Wildman–Crippen LogP) is 4.06. The fraction of sp³-hybridized carbons (Fsp3) is 0.300. The first kappa shape index (κ1) is 17.0. The molecule has 1 aliphatic rings. The van der Waals surface area contributed by atoms with Gasteiger partial charge in [-0.2, -0.15) is 5.10 Å². The van der Waals surface area contributed by atoms with Gasteiger partial charge in [-0.05, 0) is 56.0 Å². The molecular formula is C20H24N4O. The Morgan fingerprint density at radius 2 is 1.80 bits per heavy atom. The molecule has 0 spiro atoms. The Labute approximate surface area is 148 Å². The van der Waals surface area contributed by atoms with Crippen molar-refractivity contribution >= 4 is 23.6 Å². The van der Waals surface area contributed by atoms with Crippen molar-refractivity contribution < 1.29 is 4.79 Å². The van der Waals surface area contributed by atoms with Gasteiger partial charge in [0.1, 0.15) is 0 Å². The second-order valence-electron chi connectivity index (χ2n) is 6.43. The average Bonchev–Trinajstić information content (AvgIpc) is 3.13. The lowest BCUT2D eigenvalue weighted by molar-refractivity contribution is 0.252. The van der Waals surface area contributed by atoms with Crippen molar-refractivity contribution in [1.29, 1.82) is 0 Å². The number of nitrogens with zero attached hydrogens (tertiary/aromatic N) is 2. The van der Waals surface area contributed by atoms with Crippen LogP contribution in [-0.4, -0.2) is 25.3 Å². The summed E-state index contributed by atoms with van der Waals surface area (Å²) < 4.78 is 0. The number of carbonyl (C=O) groups is 1. The summed E-state index contributed by atoms with van der Waals surface area (Å²) in [6, 6.07) is 13.8. The van der Waals surface area contributed by atoms with Crippen LogP contribution >= 0.6 is 0 Å². The highest BCUT2D eigenvalue weighted by Crippen LogP contribution is 2.20. The number of nitrogens with one attached hydrogen (secondary N) is 2. The van der Waals surface area contributed by atoms with Crippen LogP contribution in [0.25, 0.3) is 0 Å². The van der Waals surface area contributed by atoms with E-state index < -0.39 is 0 Å². The lowest BCUT2D eigenvalue weighted by Crippen LogP contribution is -2.24. The lowest BCUT2D eigenvalue weighted by Gasteiger charge is -2.17. The van der Waals surface area contributed by atoms with Crippen molar-refractivity contribution in [2.45, 2.75) is 26.7 Å². The Balaban J connectivity index is 1.52. The fourth-order valence-corrected chi connectivity index (χ4v) is 3.02. The Kier molecular flexibility index (Phi) is 5.33. The molecule has 0 radical (unpaired) electrons. The summed E-state index contributed by atoms with van der Waals surface area (Å²) in [5, 5.41) is 6.81. The predicted molar refractivity (Wildman–Crippen MR) is 104 cm³/mol. The van der Waals surface area contributed by atoms with Gasteiger partial charge in [0.2, 0.25) is 0 Å². The second kappa shape index (κ2) is 7.83. The quantitative estimate of drug-likeness (QED) is 0.653. The summed E-state index contributed by atoms with van der Waals surface area (Å²) in [7, 11) is 0. The fourth-order valence-electron chi connectivity index (χ4n) is 3.02. The smallest absolute Gasteiger partial charge is 0.339 e. The highest BCUT2D eigenvalue weighted by Gasteiger charge is 2.11. The third-order valence-corrected chi connectivity index (χ3v) is 4.37. The molecule has 5 heteroatoms. The van der Waals surface area contributed by atoms with Gasteiger partial charge in [-0.3, -0.25) is 0 Å². The van der Waals surface area contributed by atoms with E-state index in [4.69, 9.17) is 0 Å². The molecule has 2 aromatic rings. The van der Waals surface area contributed by atoms with Crippen LogP contribution in [0.2, 0.25) is 0 Å². The molecule has 5 nitrogen and oxygen atoms in total. The molecule has 2 amide bonds. The van der Waals surface area contributed by atoms with Crippen LogP contribution in [0.3, 0.4) is 0 Å². The largest absolute Gasteiger partial charge is 0.372 e. The zero-order valence-corrected chi connectivity index (χ0v) is 14.7. The standard InChI is InChI=1S/C20H24N4O/c1-15-5-10-19(16(2)13-15)22-20(25)23-21-14-17-6-8-18(9-7-17)24-11-3-4-12-24/h5-10,13-14H,3-4,11-12H2,1-2H3,(H2,22,23,25). The molecule has 0 bridgehead atoms. The molecule has 1 heterocycles. The van der Waals surface area contributed by atoms with Crippen LogP contribution in [0.15, 0.2) is 47.6 Å². The van der Waals surface area contributed by atoms with Crippen molar-refractivity contribution in [3.63, 3.8) is 0 Å². The summed E-state index contributed by atoms with van der Waals surface area (Å²) in [6.07, 6.45) is 4.18. The van der Waals surface area contributed by atoms with E-state index in [0.29, 0.717) is 0 Å². The van der Waals surface area contributed by atoms with E-state index in [9.17, 15) is 4.79 Å². The first-order valence-electron chi connectivity index (χ1n) is 8.64. The third-order valence-electron chi connectivity index (χ3n) is 4.37. The van der Waals surface area contributed by atoms with Crippen molar-refractivity contribution in [1.82, 2.24) is 5.43 Å². The number of aryl methyl sites for hydroxylation is 2. The van der Waals surface area contributed by atoms with Crippen LogP contribution in [0.1, 0.15) is 29.5 Å². The van der Waals surface area contributed by atoms with Crippen molar-refractivity contribution in [3.05, 3.63) is 59.2 Å². The van der Waals surface area contributed by atoms with Gasteiger partial charge in [-0.25, -0.2) is 10.2 Å². The van der Waals surface area contributed by atoms with E-state index in [-0.39, 0.29) is 6.03 Å². The Morgan fingerprint density at radius 1 is 1.08 bits per heavy atom. The summed E-state index contributed by atoms with van der Waals surface area (Å²) in [5.74, 6) is 0. The van der Waals surface area contributed by atoms with Crippen LogP contribution < -0.4 is 15.6 Å². The molecular weight excluding hydrogens is 312 g/mol. The van der Waals surface area contributed by atoms with E-state index in [1.807, 2.05) is 44.2 Å². The van der Waals surface area contributed by atoms with E-state index in [1.54, 1.807) is 6.21 Å². The topological polar surface area (TPSA) is 56.7 Å². The number of urea groups is 1. The van der Waals surface area contributed by atoms with Gasteiger partial charge in [0, 0.05) is 24.5 Å². The molecule has 0 unspecified atom stereocenters. The highest BCUT2D eigenvalue weighted by molar-refractivity contribution is 5.91. The molecule has 2 aromatic carbocycles. The van der Waals surface area contributed by atoms with E-state index in [0.717, 1.165) is 29.9 Å². The van der Waals surface area contributed by atoms with Crippen LogP contribution in [-0.2, 0) is 0 Å². The maximum absolute atomic E-state index is 11.9. The molecule has 0 aliphatic carbocycles. The normalized spacial score (nSPS) is 14.1. The molecule has 2 N–H and O–H groups in total. The Bertz CT molecular complexity index is 762. The van der Waals surface area contributed by atoms with E-state index in [2.05, 4.69) is 32.9 Å². The average molecular weight is 336 g/mol. The zero-order chi connectivity index (χ0) is 17.6. The van der Waals surface area contributed by atoms with Crippen molar-refractivity contribution in [2.24, 2.45) is 5.10 Å². The van der Waals surface area contributed by atoms with Gasteiger partial charge in [0.15, 0.2) is 0 Å². The van der Waals surface area contributed by atoms with Crippen molar-refractivity contribution in [3.8, 4) is 0 Å². The Morgan fingerprint density at radius 3 is 2.48 bits per heavy atom. The van der Waals surface area contributed by atoms with Gasteiger partial charge in [-0.1, -0.05) is 29.8 Å². The third kappa shape index (κ3) is 4.59. The minimum Gasteiger partial charge on any atom is -0.372 e. The molecule has 0 atom stereocenters. The summed E-state index contributed by atoms with van der Waals surface area (Å²) >= 11 is 0. The van der Waals surface area contributed by atoms with Crippen LogP contribution in [0.4, 0.5) is 16.2 Å². The number of hydrazone groups is 1. The van der Waals surface area contributed by atoms with Gasteiger partial charge in [-0.15, -0.1) is 0 Å². The van der Waals surface area contributed by atoms with Crippen LogP contribution in [0, 0.1) is 13.8 Å². The minimum absolute atomic E-state index is 0.350. The van der Waals surface area contributed by atoms with Gasteiger partial charge in [0.05, 0.1) is 6.21 Å². The maximum atomic E-state index is 11.9. The van der Waals surface area contributed by atoms with E-state index in [1.165, 1.54) is 24.1 Å². The van der Waals surface area contributed by atoms with Gasteiger partial charge >= 0.3 is 6.03 Å². The first-order valence-corrected chi connectivity index (χ1v) is 8.64. The number of benzene rings is 2. The molecule has 25 heavy (non-hydrogen) atoms. The Hall–Kier alpha value is -2.82. The van der Waals surface area contributed by atoms with Gasteiger partial charge < -0.3 is 10.2 Å². The van der Waals surface area contributed by atoms with Gasteiger partial charge in [0.25, 0.3) is 0 Å². The molecule has 0 aromatic heterocycles. The highest BCUT2D eigenvalue weighted by atomic mass is 16.2. The SMILES string of the molecule is Cc1ccc(NC(=O)NN=Cc2ccc(N3CCCC3)cc2)c(C)c1. The molecule has 1 fully saturated rings. The van der Waals surface area contributed by atoms with Crippen LogP contribution in [0.5, 0.6) is 0 Å². The molecule has 1 saturated heterocycles.